The molecule has 0 aliphatic rings. The second-order valence-electron chi connectivity index (χ2n) is 2.65. The molecule has 52 valence electrons. The van der Waals surface area contributed by atoms with Crippen molar-refractivity contribution in [3.8, 4) is 0 Å². The van der Waals surface area contributed by atoms with E-state index in [4.69, 9.17) is 0 Å². The third kappa shape index (κ3) is 1.06. The van der Waals surface area contributed by atoms with Crippen molar-refractivity contribution >= 4 is 0 Å². The van der Waals surface area contributed by atoms with E-state index in [1.54, 1.807) is 0 Å². The molecule has 0 atom stereocenters. The fourth-order valence-electron chi connectivity index (χ4n) is 0.941. The fourth-order valence-corrected chi connectivity index (χ4v) is 0.941. The van der Waals surface area contributed by atoms with E-state index in [9.17, 15) is 0 Å². The van der Waals surface area contributed by atoms with E-state index in [2.05, 4.69) is 33.8 Å². The van der Waals surface area contributed by atoms with Gasteiger partial charge in [0.25, 0.3) is 0 Å². The summed E-state index contributed by atoms with van der Waals surface area (Å²) < 4.78 is 0. The minimum Gasteiger partial charge on any atom is -0.0588 e. The van der Waals surface area contributed by atoms with E-state index in [0.717, 1.165) is 11.1 Å². The quantitative estimate of drug-likeness (QED) is 0.509. The molecule has 0 aliphatic heterocycles. The molecule has 0 aliphatic carbocycles. The molecule has 0 aromatic heterocycles. The van der Waals surface area contributed by atoms with Crippen molar-refractivity contribution in [3.63, 3.8) is 0 Å². The lowest BCUT2D eigenvalue weighted by atomic mass is 10.0. The van der Waals surface area contributed by atoms with Gasteiger partial charge in [0, 0.05) is 0 Å². The third-order valence-corrected chi connectivity index (χ3v) is 1.94. The van der Waals surface area contributed by atoms with Gasteiger partial charge in [-0.15, -0.1) is 0 Å². The summed E-state index contributed by atoms with van der Waals surface area (Å²) in [5.74, 6) is 0. The van der Waals surface area contributed by atoms with Gasteiger partial charge in [0.15, 0.2) is 0 Å². The molecule has 1 rings (SSSR count). The van der Waals surface area contributed by atoms with Crippen molar-refractivity contribution in [2.75, 3.05) is 0 Å². The molecule has 0 bridgehead atoms. The molecule has 2 radical (unpaired) electrons. The highest BCUT2D eigenvalue weighted by atomic mass is 14.0. The van der Waals surface area contributed by atoms with Crippen LogP contribution in [0.4, 0.5) is 0 Å². The highest BCUT2D eigenvalue weighted by Gasteiger charge is 1.97. The highest BCUT2D eigenvalue weighted by Crippen LogP contribution is 2.15. The molecule has 0 fully saturated rings. The summed E-state index contributed by atoms with van der Waals surface area (Å²) in [5.41, 5.74) is 4.65. The second kappa shape index (κ2) is 2.45. The first-order valence-electron chi connectivity index (χ1n) is 3.37. The summed E-state index contributed by atoms with van der Waals surface area (Å²) in [6.45, 7) is 11.9. The average molecular weight is 132 g/mol. The van der Waals surface area contributed by atoms with Crippen LogP contribution in [-0.2, 0) is 0 Å². The topological polar surface area (TPSA) is 0 Å². The second-order valence-corrected chi connectivity index (χ2v) is 2.65. The first kappa shape index (κ1) is 7.33. The van der Waals surface area contributed by atoms with Crippen LogP contribution in [0.5, 0.6) is 0 Å². The summed E-state index contributed by atoms with van der Waals surface area (Å²) >= 11 is 0. The molecule has 1 aromatic rings. The zero-order chi connectivity index (χ0) is 7.72. The predicted molar refractivity (Wildman–Crippen MR) is 44.8 cm³/mol. The Morgan fingerprint density at radius 3 is 2.20 bits per heavy atom. The summed E-state index contributed by atoms with van der Waals surface area (Å²) in [5, 5.41) is 0. The largest absolute Gasteiger partial charge is 0.0588 e. The van der Waals surface area contributed by atoms with E-state index >= 15 is 0 Å². The van der Waals surface area contributed by atoms with E-state index in [0.29, 0.717) is 0 Å². The van der Waals surface area contributed by atoms with Crippen LogP contribution in [0, 0.1) is 27.7 Å². The van der Waals surface area contributed by atoms with Crippen molar-refractivity contribution in [3.05, 3.63) is 48.2 Å². The van der Waals surface area contributed by atoms with E-state index in [-0.39, 0.29) is 0 Å². The Balaban J connectivity index is 3.34. The highest BCUT2D eigenvalue weighted by molar-refractivity contribution is 5.42. The molecular weight excluding hydrogens is 120 g/mol. The Morgan fingerprint density at radius 2 is 1.70 bits per heavy atom. The molecule has 0 heteroatoms. The van der Waals surface area contributed by atoms with Crippen LogP contribution in [0.2, 0.25) is 0 Å². The van der Waals surface area contributed by atoms with E-state index in [1.807, 2.05) is 6.07 Å². The SMILES string of the molecule is [CH2]c1ccc(C)c([CH2])c1C. The number of rotatable bonds is 0. The molecule has 0 nitrogen and oxygen atoms in total. The molecule has 0 spiro atoms. The molecule has 10 heavy (non-hydrogen) atoms. The first-order chi connectivity index (χ1) is 4.63. The lowest BCUT2D eigenvalue weighted by Crippen LogP contribution is -1.88. The monoisotopic (exact) mass is 132 g/mol. The van der Waals surface area contributed by atoms with Crippen LogP contribution in [0.1, 0.15) is 22.3 Å². The van der Waals surface area contributed by atoms with Gasteiger partial charge in [-0.25, -0.2) is 0 Å². The molecule has 0 saturated carbocycles. The summed E-state index contributed by atoms with van der Waals surface area (Å²) in [4.78, 5) is 0. The van der Waals surface area contributed by atoms with Crippen LogP contribution in [0.15, 0.2) is 12.1 Å². The van der Waals surface area contributed by atoms with Gasteiger partial charge >= 0.3 is 0 Å². The maximum atomic E-state index is 3.94. The molecule has 0 heterocycles. The molecule has 0 amide bonds. The van der Waals surface area contributed by atoms with Crippen molar-refractivity contribution in [2.45, 2.75) is 13.8 Å². The summed E-state index contributed by atoms with van der Waals surface area (Å²) in [6.07, 6.45) is 0. The zero-order valence-corrected chi connectivity index (χ0v) is 6.57. The molecule has 0 saturated heterocycles. The molecule has 0 unspecified atom stereocenters. The van der Waals surface area contributed by atoms with Gasteiger partial charge in [-0.2, -0.15) is 0 Å². The van der Waals surface area contributed by atoms with E-state index in [1.165, 1.54) is 11.1 Å². The molecule has 0 N–H and O–H groups in total. The van der Waals surface area contributed by atoms with Crippen LogP contribution in [-0.4, -0.2) is 0 Å². The van der Waals surface area contributed by atoms with Crippen molar-refractivity contribution in [1.82, 2.24) is 0 Å². The van der Waals surface area contributed by atoms with Crippen molar-refractivity contribution < 1.29 is 0 Å². The van der Waals surface area contributed by atoms with Gasteiger partial charge < -0.3 is 0 Å². The van der Waals surface area contributed by atoms with Crippen LogP contribution in [0.3, 0.4) is 0 Å². The lowest BCUT2D eigenvalue weighted by molar-refractivity contribution is 1.30. The smallest absolute Gasteiger partial charge is 0.0233 e. The van der Waals surface area contributed by atoms with Gasteiger partial charge in [-0.05, 0) is 49.9 Å². The van der Waals surface area contributed by atoms with Gasteiger partial charge in [0.05, 0.1) is 0 Å². The predicted octanol–water partition coefficient (Wildman–Crippen LogP) is 2.67. The minimum atomic E-state index is 1.08. The van der Waals surface area contributed by atoms with Gasteiger partial charge in [0.2, 0.25) is 0 Å². The number of hydrogen-bond donors (Lipinski definition) is 0. The van der Waals surface area contributed by atoms with Gasteiger partial charge in [0.1, 0.15) is 0 Å². The van der Waals surface area contributed by atoms with Crippen LogP contribution >= 0.6 is 0 Å². The maximum Gasteiger partial charge on any atom is -0.0233 e. The Morgan fingerprint density at radius 1 is 1.10 bits per heavy atom. The Hall–Kier alpha value is -0.780. The zero-order valence-electron chi connectivity index (χ0n) is 6.57. The van der Waals surface area contributed by atoms with Crippen LogP contribution in [0.25, 0.3) is 0 Å². The van der Waals surface area contributed by atoms with E-state index < -0.39 is 0 Å². The van der Waals surface area contributed by atoms with Crippen LogP contribution < -0.4 is 0 Å². The Bertz CT molecular complexity index is 219. The van der Waals surface area contributed by atoms with Gasteiger partial charge in [-0.1, -0.05) is 12.1 Å². The van der Waals surface area contributed by atoms with Crippen molar-refractivity contribution in [1.29, 1.82) is 0 Å². The average Bonchev–Trinajstić information content (AvgIpc) is 1.93. The maximum absolute atomic E-state index is 3.94. The molecular formula is C10H12. The third-order valence-electron chi connectivity index (χ3n) is 1.94. The standard InChI is InChI=1S/C10H12/c1-7-5-6-8(2)10(4)9(7)3/h5-6H,1,4H2,2-3H3. The number of benzene rings is 1. The number of hydrogen-bond acceptors (Lipinski definition) is 0. The first-order valence-corrected chi connectivity index (χ1v) is 3.37. The minimum absolute atomic E-state index is 1.08. The van der Waals surface area contributed by atoms with Gasteiger partial charge in [-0.3, -0.25) is 0 Å². The fraction of sp³-hybridized carbons (Fsp3) is 0.200. The Labute approximate surface area is 62.9 Å². The summed E-state index contributed by atoms with van der Waals surface area (Å²) in [7, 11) is 0. The summed E-state index contributed by atoms with van der Waals surface area (Å²) in [6, 6.07) is 4.08. The normalized spacial score (nSPS) is 10.0. The van der Waals surface area contributed by atoms with Crippen molar-refractivity contribution in [2.24, 2.45) is 0 Å². The lowest BCUT2D eigenvalue weighted by Gasteiger charge is -2.05. The number of aryl methyl sites for hydroxylation is 1. The Kier molecular flexibility index (Phi) is 1.80. The molecule has 1 aromatic carbocycles.